The Morgan fingerprint density at radius 2 is 1.91 bits per heavy atom. The molecule has 0 spiro atoms. The Bertz CT molecular complexity index is 1730. The molecule has 43 heavy (non-hydrogen) atoms. The third-order valence-corrected chi connectivity index (χ3v) is 8.66. The van der Waals surface area contributed by atoms with Crippen LogP contribution in [0.2, 0.25) is 5.02 Å². The number of benzene rings is 2. The number of hydrogen-bond acceptors (Lipinski definition) is 7. The third kappa shape index (κ3) is 5.94. The predicted octanol–water partition coefficient (Wildman–Crippen LogP) is 4.22. The molecule has 15 heteroatoms. The van der Waals surface area contributed by atoms with Crippen LogP contribution in [-0.4, -0.2) is 68.6 Å². The van der Waals surface area contributed by atoms with Crippen molar-refractivity contribution in [1.82, 2.24) is 29.5 Å². The van der Waals surface area contributed by atoms with Gasteiger partial charge in [0.1, 0.15) is 18.1 Å². The molecule has 1 saturated heterocycles. The second-order valence-electron chi connectivity index (χ2n) is 10.4. The second-order valence-corrected chi connectivity index (χ2v) is 11.6. The standard InChI is InChI=1S/C28H25ClF3N7O3S/c29-18-6-5-15(30)13-17(18)21-23-24(36-26(41)22-16-3-1-2-4-19(16)43-37-22)35-25(39(23)14-20(40)34-21)27(42)33-9-12-38-10-7-28(31,32)8-11-38/h1-6,13,21H,7-12,14H2,(H,33,42)(H,34,40)(H,36,41). The SMILES string of the molecule is O=C1Cn2c(C(=O)NCCN3CCC(F)(F)CC3)nc(NC(=O)c3nsc4ccccc34)c2C(c2cc(F)ccc2Cl)N1. The second kappa shape index (κ2) is 11.6. The lowest BCUT2D eigenvalue weighted by Crippen LogP contribution is -2.44. The molecule has 224 valence electrons. The highest BCUT2D eigenvalue weighted by atomic mass is 35.5. The molecule has 1 atom stereocenters. The first-order valence-electron chi connectivity index (χ1n) is 13.5. The van der Waals surface area contributed by atoms with E-state index >= 15 is 0 Å². The molecule has 10 nitrogen and oxygen atoms in total. The lowest BCUT2D eigenvalue weighted by atomic mass is 10.0. The maximum atomic E-state index is 14.3. The van der Waals surface area contributed by atoms with Gasteiger partial charge in [-0.25, -0.2) is 18.2 Å². The summed E-state index contributed by atoms with van der Waals surface area (Å²) in [5, 5.41) is 9.01. The number of carbonyl (C=O) groups excluding carboxylic acids is 3. The smallest absolute Gasteiger partial charge is 0.287 e. The number of fused-ring (bicyclic) bond motifs is 2. The van der Waals surface area contributed by atoms with E-state index in [2.05, 4.69) is 25.3 Å². The number of carbonyl (C=O) groups is 3. The first kappa shape index (κ1) is 29.1. The Labute approximate surface area is 252 Å². The van der Waals surface area contributed by atoms with E-state index in [1.807, 2.05) is 17.0 Å². The van der Waals surface area contributed by atoms with Crippen molar-refractivity contribution in [3.05, 3.63) is 76.1 Å². The van der Waals surface area contributed by atoms with Gasteiger partial charge in [0.2, 0.25) is 11.7 Å². The van der Waals surface area contributed by atoms with Gasteiger partial charge in [0.15, 0.2) is 5.82 Å². The van der Waals surface area contributed by atoms with E-state index < -0.39 is 35.5 Å². The van der Waals surface area contributed by atoms with Crippen molar-refractivity contribution < 1.29 is 27.6 Å². The number of imidazole rings is 1. The van der Waals surface area contributed by atoms with Crippen LogP contribution in [0.3, 0.4) is 0 Å². The normalized spacial score (nSPS) is 18.2. The summed E-state index contributed by atoms with van der Waals surface area (Å²) in [6.07, 6.45) is -0.490. The zero-order valence-corrected chi connectivity index (χ0v) is 24.1. The summed E-state index contributed by atoms with van der Waals surface area (Å²) in [6, 6.07) is 9.83. The van der Waals surface area contributed by atoms with Crippen LogP contribution >= 0.6 is 23.1 Å². The summed E-state index contributed by atoms with van der Waals surface area (Å²) in [5.41, 5.74) is 0.586. The Kier molecular flexibility index (Phi) is 7.83. The molecule has 2 aromatic heterocycles. The molecule has 3 amide bonds. The highest BCUT2D eigenvalue weighted by molar-refractivity contribution is 7.13. The molecule has 4 aromatic rings. The molecular formula is C28H25ClF3N7O3S. The minimum Gasteiger partial charge on any atom is -0.348 e. The molecule has 0 radical (unpaired) electrons. The van der Waals surface area contributed by atoms with Crippen LogP contribution in [0.15, 0.2) is 42.5 Å². The number of amides is 3. The van der Waals surface area contributed by atoms with Gasteiger partial charge in [0.25, 0.3) is 17.7 Å². The average Bonchev–Trinajstić information content (AvgIpc) is 3.56. The van der Waals surface area contributed by atoms with Crippen molar-refractivity contribution in [3.63, 3.8) is 0 Å². The van der Waals surface area contributed by atoms with E-state index in [1.54, 1.807) is 12.1 Å². The van der Waals surface area contributed by atoms with Gasteiger partial charge in [0.05, 0.1) is 16.4 Å². The molecule has 0 aliphatic carbocycles. The molecular weight excluding hydrogens is 607 g/mol. The van der Waals surface area contributed by atoms with E-state index in [0.29, 0.717) is 11.9 Å². The van der Waals surface area contributed by atoms with Crippen LogP contribution in [0.25, 0.3) is 10.1 Å². The maximum Gasteiger partial charge on any atom is 0.287 e. The number of hydrogen-bond donors (Lipinski definition) is 3. The molecule has 4 heterocycles. The molecule has 0 saturated carbocycles. The third-order valence-electron chi connectivity index (χ3n) is 7.49. The first-order valence-corrected chi connectivity index (χ1v) is 14.6. The Morgan fingerprint density at radius 1 is 1.14 bits per heavy atom. The van der Waals surface area contributed by atoms with Gasteiger partial charge in [0, 0.05) is 55.0 Å². The largest absolute Gasteiger partial charge is 0.348 e. The zero-order valence-electron chi connectivity index (χ0n) is 22.5. The highest BCUT2D eigenvalue weighted by Crippen LogP contribution is 2.36. The number of likely N-dealkylation sites (tertiary alicyclic amines) is 1. The van der Waals surface area contributed by atoms with Crippen LogP contribution in [0, 0.1) is 5.82 Å². The van der Waals surface area contributed by atoms with Crippen molar-refractivity contribution >= 4 is 56.8 Å². The van der Waals surface area contributed by atoms with E-state index in [4.69, 9.17) is 11.6 Å². The summed E-state index contributed by atoms with van der Waals surface area (Å²) >= 11 is 7.55. The summed E-state index contributed by atoms with van der Waals surface area (Å²) in [5.74, 6) is -5.18. The fourth-order valence-corrected chi connectivity index (χ4v) is 6.29. The van der Waals surface area contributed by atoms with Gasteiger partial charge in [-0.3, -0.25) is 14.4 Å². The molecule has 6 rings (SSSR count). The average molecular weight is 632 g/mol. The number of rotatable bonds is 7. The number of piperidine rings is 1. The van der Waals surface area contributed by atoms with Gasteiger partial charge < -0.3 is 25.4 Å². The van der Waals surface area contributed by atoms with Gasteiger partial charge in [-0.1, -0.05) is 29.8 Å². The minimum atomic E-state index is -2.68. The number of aromatic nitrogens is 3. The highest BCUT2D eigenvalue weighted by Gasteiger charge is 2.37. The topological polar surface area (TPSA) is 121 Å². The van der Waals surface area contributed by atoms with Crippen molar-refractivity contribution in [2.75, 3.05) is 31.5 Å². The van der Waals surface area contributed by atoms with Crippen LogP contribution in [0.4, 0.5) is 19.0 Å². The van der Waals surface area contributed by atoms with Crippen LogP contribution in [0.1, 0.15) is 51.2 Å². The van der Waals surface area contributed by atoms with Crippen molar-refractivity contribution in [2.45, 2.75) is 31.4 Å². The van der Waals surface area contributed by atoms with Crippen LogP contribution in [-0.2, 0) is 11.3 Å². The van der Waals surface area contributed by atoms with E-state index in [9.17, 15) is 27.6 Å². The molecule has 2 aromatic carbocycles. The lowest BCUT2D eigenvalue weighted by Gasteiger charge is -2.31. The quantitative estimate of drug-likeness (QED) is 0.281. The molecule has 2 aliphatic rings. The van der Waals surface area contributed by atoms with E-state index in [0.717, 1.165) is 22.3 Å². The van der Waals surface area contributed by atoms with E-state index in [1.165, 1.54) is 16.7 Å². The van der Waals surface area contributed by atoms with Crippen molar-refractivity contribution in [3.8, 4) is 0 Å². The number of anilines is 1. The number of nitrogens with zero attached hydrogens (tertiary/aromatic N) is 4. The summed E-state index contributed by atoms with van der Waals surface area (Å²) in [4.78, 5) is 45.9. The summed E-state index contributed by atoms with van der Waals surface area (Å²) < 4.78 is 47.7. The molecule has 1 fully saturated rings. The van der Waals surface area contributed by atoms with Gasteiger partial charge in [-0.2, -0.15) is 4.37 Å². The molecule has 3 N–H and O–H groups in total. The Balaban J connectivity index is 1.32. The minimum absolute atomic E-state index is 0.0316. The van der Waals surface area contributed by atoms with Crippen LogP contribution in [0.5, 0.6) is 0 Å². The molecule has 1 unspecified atom stereocenters. The Hall–Kier alpha value is -4.01. The van der Waals surface area contributed by atoms with Gasteiger partial charge in [-0.15, -0.1) is 0 Å². The fraction of sp³-hybridized carbons (Fsp3) is 0.321. The Morgan fingerprint density at radius 3 is 2.70 bits per heavy atom. The summed E-state index contributed by atoms with van der Waals surface area (Å²) in [7, 11) is 0. The zero-order chi connectivity index (χ0) is 30.3. The van der Waals surface area contributed by atoms with Crippen LogP contribution < -0.4 is 16.0 Å². The van der Waals surface area contributed by atoms with E-state index in [-0.39, 0.29) is 72.6 Å². The number of halogens is 4. The number of alkyl halides is 2. The maximum absolute atomic E-state index is 14.3. The van der Waals surface area contributed by atoms with Gasteiger partial charge >= 0.3 is 0 Å². The summed E-state index contributed by atoms with van der Waals surface area (Å²) in [6.45, 7) is 0.603. The number of nitrogens with one attached hydrogen (secondary N) is 3. The van der Waals surface area contributed by atoms with Crippen molar-refractivity contribution in [2.24, 2.45) is 0 Å². The van der Waals surface area contributed by atoms with Crippen molar-refractivity contribution in [1.29, 1.82) is 0 Å². The fourth-order valence-electron chi connectivity index (χ4n) is 5.29. The molecule has 2 aliphatic heterocycles. The lowest BCUT2D eigenvalue weighted by molar-refractivity contribution is -0.123. The van der Waals surface area contributed by atoms with Gasteiger partial charge in [-0.05, 0) is 35.8 Å². The predicted molar refractivity (Wildman–Crippen MR) is 154 cm³/mol. The first-order chi connectivity index (χ1) is 20.6. The monoisotopic (exact) mass is 631 g/mol. The molecule has 0 bridgehead atoms.